The van der Waals surface area contributed by atoms with Gasteiger partial charge in [0.2, 0.25) is 11.8 Å². The lowest BCUT2D eigenvalue weighted by Crippen LogP contribution is -2.38. The number of likely N-dealkylation sites (tertiary alicyclic amines) is 1. The first-order valence-electron chi connectivity index (χ1n) is 7.39. The van der Waals surface area contributed by atoms with E-state index in [0.29, 0.717) is 13.1 Å². The third kappa shape index (κ3) is 3.94. The summed E-state index contributed by atoms with van der Waals surface area (Å²) in [6.45, 7) is 0.907. The monoisotopic (exact) mass is 316 g/mol. The van der Waals surface area contributed by atoms with E-state index in [9.17, 15) is 14.0 Å². The normalized spacial score (nSPS) is 17.5. The van der Waals surface area contributed by atoms with Gasteiger partial charge in [-0.05, 0) is 23.8 Å². The molecule has 1 aromatic heterocycles. The van der Waals surface area contributed by atoms with Gasteiger partial charge in [-0.3, -0.25) is 14.3 Å². The first-order valence-corrected chi connectivity index (χ1v) is 7.39. The summed E-state index contributed by atoms with van der Waals surface area (Å²) in [6.07, 6.45) is 3.57. The summed E-state index contributed by atoms with van der Waals surface area (Å²) < 4.78 is 14.7. The number of nitrogens with zero attached hydrogens (tertiary/aromatic N) is 3. The van der Waals surface area contributed by atoms with E-state index in [1.807, 2.05) is 0 Å². The highest BCUT2D eigenvalue weighted by atomic mass is 19.1. The van der Waals surface area contributed by atoms with E-state index in [2.05, 4.69) is 10.4 Å². The largest absolute Gasteiger partial charge is 0.349 e. The molecule has 1 N–H and O–H groups in total. The number of hydrogen-bond acceptors (Lipinski definition) is 3. The maximum atomic E-state index is 13.2. The highest BCUT2D eigenvalue weighted by molar-refractivity contribution is 5.82. The van der Waals surface area contributed by atoms with E-state index in [1.165, 1.54) is 16.8 Å². The summed E-state index contributed by atoms with van der Waals surface area (Å²) in [6, 6.07) is 7.70. The third-order valence-corrected chi connectivity index (χ3v) is 3.71. The van der Waals surface area contributed by atoms with Crippen molar-refractivity contribution in [3.63, 3.8) is 0 Å². The number of nitrogens with one attached hydrogen (secondary N) is 1. The van der Waals surface area contributed by atoms with Crippen molar-refractivity contribution in [3.8, 4) is 0 Å². The van der Waals surface area contributed by atoms with E-state index >= 15 is 0 Å². The van der Waals surface area contributed by atoms with Crippen LogP contribution < -0.4 is 5.32 Å². The predicted octanol–water partition coefficient (Wildman–Crippen LogP) is 0.939. The van der Waals surface area contributed by atoms with Gasteiger partial charge in [-0.1, -0.05) is 12.1 Å². The lowest BCUT2D eigenvalue weighted by molar-refractivity contribution is -0.128. The molecule has 1 fully saturated rings. The minimum absolute atomic E-state index is 0.0429. The van der Waals surface area contributed by atoms with Crippen LogP contribution in [0.25, 0.3) is 0 Å². The summed E-state index contributed by atoms with van der Waals surface area (Å²) in [5, 5.41) is 6.81. The van der Waals surface area contributed by atoms with Gasteiger partial charge >= 0.3 is 0 Å². The Bertz CT molecular complexity index is 702. The number of amides is 2. The van der Waals surface area contributed by atoms with E-state index < -0.39 is 0 Å². The van der Waals surface area contributed by atoms with Crippen LogP contribution in [0.1, 0.15) is 12.0 Å². The Morgan fingerprint density at radius 2 is 2.26 bits per heavy atom. The van der Waals surface area contributed by atoms with E-state index in [4.69, 9.17) is 0 Å². The molecule has 0 unspecified atom stereocenters. The van der Waals surface area contributed by atoms with Crippen molar-refractivity contribution in [2.75, 3.05) is 6.54 Å². The molecule has 2 heterocycles. The quantitative estimate of drug-likeness (QED) is 0.893. The minimum Gasteiger partial charge on any atom is -0.349 e. The summed E-state index contributed by atoms with van der Waals surface area (Å²) in [7, 11) is 0. The van der Waals surface area contributed by atoms with E-state index in [1.54, 1.807) is 35.5 Å². The first-order chi connectivity index (χ1) is 11.1. The van der Waals surface area contributed by atoms with Crippen molar-refractivity contribution < 1.29 is 14.0 Å². The zero-order valence-corrected chi connectivity index (χ0v) is 12.5. The number of halogens is 1. The Morgan fingerprint density at radius 3 is 3.00 bits per heavy atom. The molecule has 7 heteroatoms. The zero-order valence-electron chi connectivity index (χ0n) is 12.5. The molecule has 120 valence electrons. The van der Waals surface area contributed by atoms with Gasteiger partial charge in [0.15, 0.2) is 0 Å². The molecule has 1 aliphatic heterocycles. The maximum absolute atomic E-state index is 13.2. The molecule has 1 atom stereocenters. The van der Waals surface area contributed by atoms with Crippen LogP contribution in [0, 0.1) is 5.82 Å². The highest BCUT2D eigenvalue weighted by Crippen LogP contribution is 2.15. The molecular weight excluding hydrogens is 299 g/mol. The first kappa shape index (κ1) is 15.2. The van der Waals surface area contributed by atoms with Gasteiger partial charge in [0.05, 0.1) is 6.04 Å². The second-order valence-corrected chi connectivity index (χ2v) is 5.58. The second kappa shape index (κ2) is 6.60. The SMILES string of the molecule is O=C(Cn1cccn1)N[C@@H]1CC(=O)N(Cc2cccc(F)c2)C1. The Balaban J connectivity index is 1.54. The van der Waals surface area contributed by atoms with Gasteiger partial charge in [-0.15, -0.1) is 0 Å². The number of carbonyl (C=O) groups is 2. The number of carbonyl (C=O) groups excluding carboxylic acids is 2. The number of rotatable bonds is 5. The van der Waals surface area contributed by atoms with Crippen LogP contribution in [0.15, 0.2) is 42.7 Å². The Hall–Kier alpha value is -2.70. The zero-order chi connectivity index (χ0) is 16.2. The molecule has 0 radical (unpaired) electrons. The fourth-order valence-corrected chi connectivity index (χ4v) is 2.69. The Kier molecular flexibility index (Phi) is 4.36. The average molecular weight is 316 g/mol. The van der Waals surface area contributed by atoms with E-state index in [-0.39, 0.29) is 36.6 Å². The van der Waals surface area contributed by atoms with Crippen molar-refractivity contribution in [1.82, 2.24) is 20.0 Å². The Labute approximate surface area is 132 Å². The van der Waals surface area contributed by atoms with Crippen molar-refractivity contribution in [3.05, 3.63) is 54.1 Å². The van der Waals surface area contributed by atoms with Crippen LogP contribution in [0.3, 0.4) is 0 Å². The molecule has 0 saturated carbocycles. The highest BCUT2D eigenvalue weighted by Gasteiger charge is 2.30. The molecule has 23 heavy (non-hydrogen) atoms. The van der Waals surface area contributed by atoms with Gasteiger partial charge in [0, 0.05) is 31.9 Å². The molecule has 2 amide bonds. The lowest BCUT2D eigenvalue weighted by atomic mass is 10.2. The van der Waals surface area contributed by atoms with Crippen molar-refractivity contribution in [2.24, 2.45) is 0 Å². The van der Waals surface area contributed by atoms with Crippen molar-refractivity contribution in [1.29, 1.82) is 0 Å². The fraction of sp³-hybridized carbons (Fsp3) is 0.312. The van der Waals surface area contributed by atoms with E-state index in [0.717, 1.165) is 5.56 Å². The molecule has 1 saturated heterocycles. The summed E-state index contributed by atoms with van der Waals surface area (Å²) in [5.74, 6) is -0.545. The molecule has 0 bridgehead atoms. The van der Waals surface area contributed by atoms with Crippen molar-refractivity contribution in [2.45, 2.75) is 25.6 Å². The minimum atomic E-state index is -0.321. The van der Waals surface area contributed by atoms with Crippen LogP contribution >= 0.6 is 0 Å². The standard InChI is InChI=1S/C16H17FN4O2/c17-13-4-1-3-12(7-13)9-20-10-14(8-16(20)23)19-15(22)11-21-6-2-5-18-21/h1-7,14H,8-11H2,(H,19,22)/t14-/m1/s1. The maximum Gasteiger partial charge on any atom is 0.242 e. The molecule has 0 spiro atoms. The molecule has 2 aromatic rings. The van der Waals surface area contributed by atoms with Gasteiger partial charge in [0.1, 0.15) is 12.4 Å². The molecule has 1 aliphatic rings. The van der Waals surface area contributed by atoms with Crippen LogP contribution in [0.2, 0.25) is 0 Å². The fourth-order valence-electron chi connectivity index (χ4n) is 2.69. The van der Waals surface area contributed by atoms with Crippen LogP contribution in [0.5, 0.6) is 0 Å². The summed E-state index contributed by atoms with van der Waals surface area (Å²) in [4.78, 5) is 25.6. The predicted molar refractivity (Wildman–Crippen MR) is 80.6 cm³/mol. The van der Waals surface area contributed by atoms with Gasteiger partial charge in [-0.2, -0.15) is 5.10 Å². The molecule has 3 rings (SSSR count). The second-order valence-electron chi connectivity index (χ2n) is 5.58. The van der Waals surface area contributed by atoms with Crippen LogP contribution in [0.4, 0.5) is 4.39 Å². The molecule has 0 aliphatic carbocycles. The summed E-state index contributed by atoms with van der Waals surface area (Å²) in [5.41, 5.74) is 0.738. The van der Waals surface area contributed by atoms with Crippen LogP contribution in [-0.4, -0.2) is 39.1 Å². The topological polar surface area (TPSA) is 67.2 Å². The lowest BCUT2D eigenvalue weighted by Gasteiger charge is -2.17. The van der Waals surface area contributed by atoms with Crippen LogP contribution in [-0.2, 0) is 22.7 Å². The molecular formula is C16H17FN4O2. The average Bonchev–Trinajstić information content (AvgIpc) is 3.10. The summed E-state index contributed by atoms with van der Waals surface area (Å²) >= 11 is 0. The number of benzene rings is 1. The van der Waals surface area contributed by atoms with Gasteiger partial charge < -0.3 is 10.2 Å². The smallest absolute Gasteiger partial charge is 0.242 e. The molecule has 6 nitrogen and oxygen atoms in total. The van der Waals surface area contributed by atoms with Gasteiger partial charge in [0.25, 0.3) is 0 Å². The number of aromatic nitrogens is 2. The van der Waals surface area contributed by atoms with Crippen molar-refractivity contribution >= 4 is 11.8 Å². The Morgan fingerprint density at radius 1 is 1.39 bits per heavy atom. The third-order valence-electron chi connectivity index (χ3n) is 3.71. The molecule has 1 aromatic carbocycles. The van der Waals surface area contributed by atoms with Gasteiger partial charge in [-0.25, -0.2) is 4.39 Å². The number of hydrogen-bond donors (Lipinski definition) is 1.